The Kier molecular flexibility index (Phi) is 1.15. The number of hydrogen-bond donors (Lipinski definition) is 0. The van der Waals surface area contributed by atoms with Crippen LogP contribution in [0.25, 0.3) is 0 Å². The Labute approximate surface area is 41.4 Å². The lowest BCUT2D eigenvalue weighted by Gasteiger charge is -1.93. The summed E-state index contributed by atoms with van der Waals surface area (Å²) in [6, 6.07) is 0. The fourth-order valence-corrected chi connectivity index (χ4v) is 0.354. The van der Waals surface area contributed by atoms with E-state index < -0.39 is 0 Å². The SMILES string of the molecule is O=C1CC[C]N=N1. The molecule has 1 amide bonds. The number of hydrogen-bond acceptors (Lipinski definition) is 2. The highest BCUT2D eigenvalue weighted by atomic mass is 16.1. The zero-order chi connectivity index (χ0) is 5.11. The topological polar surface area (TPSA) is 41.8 Å². The summed E-state index contributed by atoms with van der Waals surface area (Å²) in [5.74, 6) is -0.140. The van der Waals surface area contributed by atoms with E-state index in [4.69, 9.17) is 0 Å². The molecule has 0 aromatic heterocycles. The van der Waals surface area contributed by atoms with Crippen molar-refractivity contribution in [3.8, 4) is 0 Å². The normalized spacial score (nSPS) is 20.3. The summed E-state index contributed by atoms with van der Waals surface area (Å²) in [6.45, 7) is 2.55. The first-order valence-electron chi connectivity index (χ1n) is 2.06. The molecule has 3 nitrogen and oxygen atoms in total. The van der Waals surface area contributed by atoms with E-state index in [9.17, 15) is 4.79 Å². The van der Waals surface area contributed by atoms with Crippen LogP contribution in [0.1, 0.15) is 12.8 Å². The summed E-state index contributed by atoms with van der Waals surface area (Å²) in [7, 11) is 0. The molecule has 1 rings (SSSR count). The number of carbonyl (C=O) groups is 1. The van der Waals surface area contributed by atoms with Crippen LogP contribution in [-0.4, -0.2) is 5.91 Å². The van der Waals surface area contributed by atoms with Crippen LogP contribution in [0.2, 0.25) is 0 Å². The van der Waals surface area contributed by atoms with Crippen molar-refractivity contribution in [2.24, 2.45) is 10.2 Å². The van der Waals surface area contributed by atoms with Gasteiger partial charge in [-0.2, -0.15) is 5.11 Å². The van der Waals surface area contributed by atoms with Gasteiger partial charge in [0.15, 0.2) is 0 Å². The maximum Gasteiger partial charge on any atom is 0.264 e. The van der Waals surface area contributed by atoms with Gasteiger partial charge in [-0.3, -0.25) is 4.79 Å². The third-order valence-electron chi connectivity index (χ3n) is 0.683. The van der Waals surface area contributed by atoms with Gasteiger partial charge in [-0.1, -0.05) is 0 Å². The fourth-order valence-electron chi connectivity index (χ4n) is 0.354. The van der Waals surface area contributed by atoms with E-state index in [0.29, 0.717) is 12.8 Å². The van der Waals surface area contributed by atoms with E-state index in [-0.39, 0.29) is 5.91 Å². The summed E-state index contributed by atoms with van der Waals surface area (Å²) in [5, 5.41) is 6.49. The van der Waals surface area contributed by atoms with E-state index in [0.717, 1.165) is 0 Å². The molecule has 0 aromatic carbocycles. The Morgan fingerprint density at radius 1 is 1.71 bits per heavy atom. The molecule has 0 saturated carbocycles. The number of amides is 1. The van der Waals surface area contributed by atoms with Crippen LogP contribution in [0.5, 0.6) is 0 Å². The molecule has 7 heavy (non-hydrogen) atoms. The Morgan fingerprint density at radius 2 is 2.57 bits per heavy atom. The van der Waals surface area contributed by atoms with Crippen LogP contribution in [-0.2, 0) is 4.79 Å². The Hall–Kier alpha value is -0.730. The Morgan fingerprint density at radius 3 is 2.86 bits per heavy atom. The van der Waals surface area contributed by atoms with E-state index in [2.05, 4.69) is 16.8 Å². The molecule has 0 aromatic rings. The maximum atomic E-state index is 10.2. The monoisotopic (exact) mass is 96.0 g/mol. The lowest BCUT2D eigenvalue weighted by molar-refractivity contribution is -0.118. The minimum Gasteiger partial charge on any atom is -0.271 e. The van der Waals surface area contributed by atoms with Crippen LogP contribution in [0.3, 0.4) is 0 Å². The van der Waals surface area contributed by atoms with E-state index in [1.807, 2.05) is 0 Å². The first kappa shape index (κ1) is 4.43. The first-order chi connectivity index (χ1) is 3.39. The van der Waals surface area contributed by atoms with E-state index in [1.54, 1.807) is 0 Å². The minimum absolute atomic E-state index is 0.140. The predicted octanol–water partition coefficient (Wildman–Crippen LogP) is 0.798. The molecule has 0 unspecified atom stereocenters. The molecule has 0 saturated heterocycles. The number of azo groups is 1. The lowest BCUT2D eigenvalue weighted by Crippen LogP contribution is -1.95. The molecule has 0 aliphatic carbocycles. The summed E-state index contributed by atoms with van der Waals surface area (Å²) in [5.41, 5.74) is 0. The molecule has 36 valence electrons. The quantitative estimate of drug-likeness (QED) is 0.439. The van der Waals surface area contributed by atoms with Crippen molar-refractivity contribution in [2.75, 3.05) is 0 Å². The van der Waals surface area contributed by atoms with Crippen molar-refractivity contribution >= 4 is 5.91 Å². The summed E-state index contributed by atoms with van der Waals surface area (Å²) >= 11 is 0. The molecule has 1 aliphatic heterocycles. The zero-order valence-electron chi connectivity index (χ0n) is 3.72. The third kappa shape index (κ3) is 1.07. The second-order valence-electron chi connectivity index (χ2n) is 1.25. The summed E-state index contributed by atoms with van der Waals surface area (Å²) in [4.78, 5) is 10.2. The molecule has 3 heteroatoms. The molecule has 0 fully saturated rings. The van der Waals surface area contributed by atoms with Gasteiger partial charge in [0.1, 0.15) is 6.54 Å². The predicted molar refractivity (Wildman–Crippen MR) is 22.3 cm³/mol. The summed E-state index contributed by atoms with van der Waals surface area (Å²) in [6.07, 6.45) is 1.10. The van der Waals surface area contributed by atoms with Gasteiger partial charge < -0.3 is 0 Å². The first-order valence-corrected chi connectivity index (χ1v) is 2.06. The molecule has 0 N–H and O–H groups in total. The highest BCUT2D eigenvalue weighted by molar-refractivity contribution is 5.76. The molecular weight excluding hydrogens is 92.1 g/mol. The van der Waals surface area contributed by atoms with Gasteiger partial charge in [0, 0.05) is 6.42 Å². The Bertz CT molecular complexity index is 108. The van der Waals surface area contributed by atoms with Gasteiger partial charge in [-0.05, 0) is 6.42 Å². The average Bonchev–Trinajstić information content (AvgIpc) is 1.69. The average molecular weight is 96.1 g/mol. The number of carbonyl (C=O) groups excluding carboxylic acids is 1. The van der Waals surface area contributed by atoms with E-state index >= 15 is 0 Å². The van der Waals surface area contributed by atoms with E-state index in [1.165, 1.54) is 0 Å². The third-order valence-corrected chi connectivity index (χ3v) is 0.683. The molecule has 1 aliphatic rings. The minimum atomic E-state index is -0.140. The van der Waals surface area contributed by atoms with Crippen LogP contribution < -0.4 is 0 Å². The van der Waals surface area contributed by atoms with Crippen LogP contribution in [0.4, 0.5) is 0 Å². The number of nitrogens with zero attached hydrogens (tertiary/aromatic N) is 2. The van der Waals surface area contributed by atoms with Crippen molar-refractivity contribution in [3.05, 3.63) is 6.54 Å². The highest BCUT2D eigenvalue weighted by Gasteiger charge is 2.02. The standard InChI is InChI=1S/C4H4N2O/c7-4-2-1-3-5-6-4/h1-2H2. The second-order valence-corrected chi connectivity index (χ2v) is 1.25. The molecule has 2 radical (unpaired) electrons. The molecule has 0 spiro atoms. The van der Waals surface area contributed by atoms with Crippen molar-refractivity contribution < 1.29 is 4.79 Å². The van der Waals surface area contributed by atoms with Crippen molar-refractivity contribution in [1.29, 1.82) is 0 Å². The molecular formula is C4H4N2O. The second kappa shape index (κ2) is 1.82. The van der Waals surface area contributed by atoms with Gasteiger partial charge in [0.2, 0.25) is 0 Å². The summed E-state index contributed by atoms with van der Waals surface area (Å²) < 4.78 is 0. The molecule has 1 heterocycles. The Balaban J connectivity index is 2.51. The van der Waals surface area contributed by atoms with Crippen molar-refractivity contribution in [1.82, 2.24) is 0 Å². The van der Waals surface area contributed by atoms with Crippen LogP contribution in [0, 0.1) is 6.54 Å². The molecule has 0 bridgehead atoms. The van der Waals surface area contributed by atoms with Crippen LogP contribution in [0.15, 0.2) is 10.2 Å². The van der Waals surface area contributed by atoms with Gasteiger partial charge in [-0.25, -0.2) is 0 Å². The van der Waals surface area contributed by atoms with Gasteiger partial charge >= 0.3 is 0 Å². The highest BCUT2D eigenvalue weighted by Crippen LogP contribution is 2.03. The van der Waals surface area contributed by atoms with Gasteiger partial charge in [0.25, 0.3) is 5.91 Å². The van der Waals surface area contributed by atoms with Crippen LogP contribution >= 0.6 is 0 Å². The number of rotatable bonds is 0. The fraction of sp³-hybridized carbons (Fsp3) is 0.500. The maximum absolute atomic E-state index is 10.2. The lowest BCUT2D eigenvalue weighted by atomic mass is 10.3. The van der Waals surface area contributed by atoms with Gasteiger partial charge in [-0.15, -0.1) is 5.11 Å². The van der Waals surface area contributed by atoms with Crippen molar-refractivity contribution in [3.63, 3.8) is 0 Å². The zero-order valence-corrected chi connectivity index (χ0v) is 3.72. The smallest absolute Gasteiger partial charge is 0.264 e. The van der Waals surface area contributed by atoms with Gasteiger partial charge in [0.05, 0.1) is 0 Å². The largest absolute Gasteiger partial charge is 0.271 e. The molecule has 0 atom stereocenters. The van der Waals surface area contributed by atoms with Crippen molar-refractivity contribution in [2.45, 2.75) is 12.8 Å².